The van der Waals surface area contributed by atoms with Crippen molar-refractivity contribution in [2.45, 2.75) is 25.2 Å². The molecule has 8 nitrogen and oxygen atoms in total. The Kier molecular flexibility index (Phi) is 7.52. The van der Waals surface area contributed by atoms with Crippen molar-refractivity contribution in [2.24, 2.45) is 0 Å². The molecule has 1 fully saturated rings. The summed E-state index contributed by atoms with van der Waals surface area (Å²) in [6, 6.07) is 12.5. The van der Waals surface area contributed by atoms with Gasteiger partial charge >= 0.3 is 6.36 Å². The van der Waals surface area contributed by atoms with E-state index in [0.29, 0.717) is 42.2 Å². The summed E-state index contributed by atoms with van der Waals surface area (Å²) in [6.45, 7) is 1.24. The number of nitrogens with zero attached hydrogens (tertiary/aromatic N) is 2. The molecule has 1 aliphatic rings. The summed E-state index contributed by atoms with van der Waals surface area (Å²) in [4.78, 5) is 19.3. The Bertz CT molecular complexity index is 1320. The Morgan fingerprint density at radius 1 is 1.11 bits per heavy atom. The number of halogens is 3. The minimum atomic E-state index is -4.77. The van der Waals surface area contributed by atoms with Crippen molar-refractivity contribution in [1.29, 1.82) is 0 Å². The molecule has 0 aliphatic carbocycles. The van der Waals surface area contributed by atoms with E-state index in [2.05, 4.69) is 24.7 Å². The average Bonchev–Trinajstić information content (AvgIpc) is 3.29. The van der Waals surface area contributed by atoms with Crippen LogP contribution < -0.4 is 19.7 Å². The lowest BCUT2D eigenvalue weighted by Crippen LogP contribution is -2.44. The Labute approximate surface area is 210 Å². The van der Waals surface area contributed by atoms with Crippen LogP contribution in [0.15, 0.2) is 53.9 Å². The van der Waals surface area contributed by atoms with Crippen LogP contribution in [0.3, 0.4) is 0 Å². The molecule has 4 rings (SSSR count). The molecule has 3 aromatic rings. The van der Waals surface area contributed by atoms with Crippen molar-refractivity contribution < 1.29 is 31.1 Å². The molecule has 1 aromatic heterocycles. The van der Waals surface area contributed by atoms with Gasteiger partial charge in [0, 0.05) is 30.1 Å². The maximum Gasteiger partial charge on any atom is 0.573 e. The summed E-state index contributed by atoms with van der Waals surface area (Å²) < 4.78 is 66.6. The number of carbonyl (C=O) groups is 1. The molecule has 2 heterocycles. The number of hydrogen-bond acceptors (Lipinski definition) is 7. The first-order valence-electron chi connectivity index (χ1n) is 10.9. The first-order valence-corrected chi connectivity index (χ1v) is 13.7. The second-order valence-corrected chi connectivity index (χ2v) is 10.9. The highest BCUT2D eigenvalue weighted by molar-refractivity contribution is 7.88. The summed E-state index contributed by atoms with van der Waals surface area (Å²) in [6.07, 6.45) is -2.35. The van der Waals surface area contributed by atoms with Crippen LogP contribution in [0.4, 0.5) is 24.5 Å². The molecule has 0 unspecified atom stereocenters. The molecule has 2 aromatic carbocycles. The highest BCUT2D eigenvalue weighted by atomic mass is 32.2. The number of carbonyl (C=O) groups excluding carboxylic acids is 1. The third-order valence-corrected chi connectivity index (χ3v) is 7.09. The van der Waals surface area contributed by atoms with E-state index >= 15 is 0 Å². The Balaban J connectivity index is 1.42. The van der Waals surface area contributed by atoms with Crippen LogP contribution in [0.5, 0.6) is 5.75 Å². The van der Waals surface area contributed by atoms with Crippen LogP contribution in [0.2, 0.25) is 0 Å². The predicted octanol–water partition coefficient (Wildman–Crippen LogP) is 4.48. The fourth-order valence-electron chi connectivity index (χ4n) is 3.89. The van der Waals surface area contributed by atoms with Gasteiger partial charge in [-0.25, -0.2) is 18.1 Å². The van der Waals surface area contributed by atoms with E-state index in [-0.39, 0.29) is 17.5 Å². The third kappa shape index (κ3) is 6.95. The average molecular weight is 541 g/mol. The molecular weight excluding hydrogens is 517 g/mol. The highest BCUT2D eigenvalue weighted by Crippen LogP contribution is 2.31. The first-order chi connectivity index (χ1) is 17.0. The number of hydrogen-bond donors (Lipinski definition) is 2. The number of anilines is 2. The molecule has 1 aliphatic heterocycles. The fourth-order valence-corrected chi connectivity index (χ4v) is 5.54. The lowest BCUT2D eigenvalue weighted by Gasteiger charge is -2.34. The standard InChI is InChI=1S/C23H23F3N4O4S2/c1-36(32,33)29-16-10-12-30(13-11-16)20-5-3-2-4-18(20)27-21(31)19-14-35-22(28-19)15-6-8-17(9-7-15)34-23(24,25)26/h2-9,14,16,29H,10-13H2,1H3,(H,27,31). The molecule has 0 saturated carbocycles. The van der Waals surface area contributed by atoms with E-state index in [4.69, 9.17) is 0 Å². The zero-order valence-corrected chi connectivity index (χ0v) is 20.7. The van der Waals surface area contributed by atoms with Gasteiger partial charge in [0.15, 0.2) is 0 Å². The number of nitrogens with one attached hydrogen (secondary N) is 2. The number of alkyl halides is 3. The van der Waals surface area contributed by atoms with E-state index in [1.165, 1.54) is 35.6 Å². The van der Waals surface area contributed by atoms with Crippen LogP contribution in [0.1, 0.15) is 23.3 Å². The molecule has 0 atom stereocenters. The zero-order valence-electron chi connectivity index (χ0n) is 19.1. The van der Waals surface area contributed by atoms with Gasteiger partial charge in [0.05, 0.1) is 17.6 Å². The summed E-state index contributed by atoms with van der Waals surface area (Å²) in [5.74, 6) is -0.760. The lowest BCUT2D eigenvalue weighted by atomic mass is 10.0. The van der Waals surface area contributed by atoms with Crippen molar-refractivity contribution in [3.05, 3.63) is 59.6 Å². The van der Waals surface area contributed by atoms with Crippen molar-refractivity contribution in [3.63, 3.8) is 0 Å². The Morgan fingerprint density at radius 2 is 1.78 bits per heavy atom. The molecule has 13 heteroatoms. The molecule has 36 heavy (non-hydrogen) atoms. The minimum absolute atomic E-state index is 0.125. The van der Waals surface area contributed by atoms with Gasteiger partial charge in [-0.15, -0.1) is 24.5 Å². The monoisotopic (exact) mass is 540 g/mol. The maximum absolute atomic E-state index is 12.9. The predicted molar refractivity (Wildman–Crippen MR) is 132 cm³/mol. The largest absolute Gasteiger partial charge is 0.573 e. The van der Waals surface area contributed by atoms with E-state index in [0.717, 1.165) is 11.9 Å². The molecule has 2 N–H and O–H groups in total. The number of sulfonamides is 1. The number of piperidine rings is 1. The smallest absolute Gasteiger partial charge is 0.406 e. The number of para-hydroxylation sites is 2. The molecule has 0 radical (unpaired) electrons. The van der Waals surface area contributed by atoms with Gasteiger partial charge in [-0.2, -0.15) is 0 Å². The van der Waals surface area contributed by atoms with Crippen molar-refractivity contribution in [2.75, 3.05) is 29.6 Å². The molecule has 192 valence electrons. The lowest BCUT2D eigenvalue weighted by molar-refractivity contribution is -0.274. The van der Waals surface area contributed by atoms with Crippen LogP contribution in [-0.4, -0.2) is 51.1 Å². The van der Waals surface area contributed by atoms with Crippen molar-refractivity contribution in [1.82, 2.24) is 9.71 Å². The van der Waals surface area contributed by atoms with E-state index in [9.17, 15) is 26.4 Å². The third-order valence-electron chi connectivity index (χ3n) is 5.44. The SMILES string of the molecule is CS(=O)(=O)NC1CCN(c2ccccc2NC(=O)c2csc(-c3ccc(OC(F)(F)F)cc3)n2)CC1. The van der Waals surface area contributed by atoms with E-state index < -0.39 is 22.3 Å². The van der Waals surface area contributed by atoms with Gasteiger partial charge in [0.2, 0.25) is 10.0 Å². The van der Waals surface area contributed by atoms with Crippen molar-refractivity contribution >= 4 is 38.6 Å². The molecule has 0 spiro atoms. The summed E-state index contributed by atoms with van der Waals surface area (Å²) in [5, 5.41) is 4.94. The van der Waals surface area contributed by atoms with Gasteiger partial charge in [-0.3, -0.25) is 4.79 Å². The summed E-state index contributed by atoms with van der Waals surface area (Å²) in [5.41, 5.74) is 2.15. The molecule has 0 bridgehead atoms. The topological polar surface area (TPSA) is 101 Å². The fraction of sp³-hybridized carbons (Fsp3) is 0.304. The number of aromatic nitrogens is 1. The summed E-state index contributed by atoms with van der Waals surface area (Å²) in [7, 11) is -3.27. The van der Waals surface area contributed by atoms with Gasteiger partial charge in [0.25, 0.3) is 5.91 Å². The van der Waals surface area contributed by atoms with Crippen molar-refractivity contribution in [3.8, 4) is 16.3 Å². The van der Waals surface area contributed by atoms with Crippen LogP contribution in [0, 0.1) is 0 Å². The Morgan fingerprint density at radius 3 is 2.42 bits per heavy atom. The zero-order chi connectivity index (χ0) is 25.9. The van der Waals surface area contributed by atoms with E-state index in [1.807, 2.05) is 12.1 Å². The van der Waals surface area contributed by atoms with Crippen LogP contribution in [0.25, 0.3) is 10.6 Å². The molecule has 1 saturated heterocycles. The van der Waals surface area contributed by atoms with Gasteiger partial charge in [0.1, 0.15) is 16.5 Å². The van der Waals surface area contributed by atoms with Gasteiger partial charge in [-0.1, -0.05) is 12.1 Å². The Hall–Kier alpha value is -3.16. The van der Waals surface area contributed by atoms with Gasteiger partial charge in [-0.05, 0) is 49.2 Å². The molecular formula is C23H23F3N4O4S2. The second kappa shape index (κ2) is 10.4. The van der Waals surface area contributed by atoms with Crippen LogP contribution in [-0.2, 0) is 10.0 Å². The first kappa shape index (κ1) is 25.9. The maximum atomic E-state index is 12.9. The molecule has 1 amide bonds. The van der Waals surface area contributed by atoms with Crippen LogP contribution >= 0.6 is 11.3 Å². The van der Waals surface area contributed by atoms with Gasteiger partial charge < -0.3 is 15.0 Å². The number of ether oxygens (including phenoxy) is 1. The summed E-state index contributed by atoms with van der Waals surface area (Å²) >= 11 is 1.20. The highest BCUT2D eigenvalue weighted by Gasteiger charge is 2.31. The minimum Gasteiger partial charge on any atom is -0.406 e. The number of benzene rings is 2. The number of amides is 1. The second-order valence-electron chi connectivity index (χ2n) is 8.23. The number of rotatable bonds is 7. The normalized spacial score (nSPS) is 15.1. The quantitative estimate of drug-likeness (QED) is 0.459. The van der Waals surface area contributed by atoms with E-state index in [1.54, 1.807) is 17.5 Å². The number of thiazole rings is 1.